The fraction of sp³-hybridized carbons (Fsp3) is 0.400. The SMILES string of the molecule is [2H]c1cc(C(C)(C)CC(C)(C)C)cc(-n2nc3ccccc3n2)c1O. The minimum atomic E-state index is -0.136. The maximum atomic E-state index is 10.4. The Morgan fingerprint density at radius 1 is 1.04 bits per heavy atom. The van der Waals surface area contributed by atoms with Gasteiger partial charge in [0.2, 0.25) is 0 Å². The molecule has 3 aromatic rings. The molecule has 24 heavy (non-hydrogen) atoms. The summed E-state index contributed by atoms with van der Waals surface area (Å²) in [5.41, 5.74) is 2.98. The van der Waals surface area contributed by atoms with Gasteiger partial charge in [0.25, 0.3) is 0 Å². The summed E-state index contributed by atoms with van der Waals surface area (Å²) < 4.78 is 8.18. The van der Waals surface area contributed by atoms with Gasteiger partial charge in [-0.25, -0.2) is 0 Å². The van der Waals surface area contributed by atoms with Gasteiger partial charge < -0.3 is 5.11 Å². The van der Waals surface area contributed by atoms with E-state index in [9.17, 15) is 5.11 Å². The molecule has 0 atom stereocenters. The smallest absolute Gasteiger partial charge is 0.143 e. The van der Waals surface area contributed by atoms with Gasteiger partial charge in [0.05, 0.1) is 1.37 Å². The van der Waals surface area contributed by atoms with E-state index in [2.05, 4.69) is 44.8 Å². The van der Waals surface area contributed by atoms with Crippen LogP contribution in [0, 0.1) is 5.41 Å². The lowest BCUT2D eigenvalue weighted by atomic mass is 9.72. The van der Waals surface area contributed by atoms with Gasteiger partial charge in [-0.1, -0.05) is 52.8 Å². The summed E-state index contributed by atoms with van der Waals surface area (Å²) in [5, 5.41) is 19.3. The highest BCUT2D eigenvalue weighted by atomic mass is 16.3. The maximum absolute atomic E-state index is 10.4. The minimum absolute atomic E-state index is 0.0934. The van der Waals surface area contributed by atoms with Crippen LogP contribution in [0.5, 0.6) is 5.75 Å². The second-order valence-electron chi connectivity index (χ2n) is 8.22. The molecule has 0 amide bonds. The molecule has 0 fully saturated rings. The summed E-state index contributed by atoms with van der Waals surface area (Å²) in [6, 6.07) is 11.3. The maximum Gasteiger partial charge on any atom is 0.143 e. The second-order valence-corrected chi connectivity index (χ2v) is 8.22. The van der Waals surface area contributed by atoms with E-state index in [4.69, 9.17) is 1.37 Å². The Bertz CT molecular complexity index is 889. The Hall–Kier alpha value is -2.36. The summed E-state index contributed by atoms with van der Waals surface area (Å²) >= 11 is 0. The quantitative estimate of drug-likeness (QED) is 0.750. The third-order valence-electron chi connectivity index (χ3n) is 4.16. The zero-order valence-corrected chi connectivity index (χ0v) is 15.0. The summed E-state index contributed by atoms with van der Waals surface area (Å²) in [5.74, 6) is -0.101. The average Bonchev–Trinajstić information content (AvgIpc) is 2.90. The summed E-state index contributed by atoms with van der Waals surface area (Å²) in [6.07, 6.45) is 0.957. The van der Waals surface area contributed by atoms with Crippen molar-refractivity contribution in [2.24, 2.45) is 5.41 Å². The van der Waals surface area contributed by atoms with Gasteiger partial charge in [-0.15, -0.1) is 15.0 Å². The van der Waals surface area contributed by atoms with Crippen molar-refractivity contribution in [1.82, 2.24) is 15.0 Å². The van der Waals surface area contributed by atoms with Crippen LogP contribution in [0.1, 0.15) is 48.0 Å². The summed E-state index contributed by atoms with van der Waals surface area (Å²) in [4.78, 5) is 1.43. The van der Waals surface area contributed by atoms with Crippen LogP contribution < -0.4 is 0 Å². The highest BCUT2D eigenvalue weighted by Crippen LogP contribution is 2.38. The average molecular weight is 324 g/mol. The van der Waals surface area contributed by atoms with Crippen molar-refractivity contribution in [3.63, 3.8) is 0 Å². The molecule has 0 radical (unpaired) electrons. The number of phenols is 1. The molecule has 0 unspecified atom stereocenters. The zero-order valence-electron chi connectivity index (χ0n) is 16.0. The van der Waals surface area contributed by atoms with Crippen molar-refractivity contribution < 1.29 is 6.48 Å². The molecular weight excluding hydrogens is 298 g/mol. The second kappa shape index (κ2) is 5.62. The van der Waals surface area contributed by atoms with E-state index in [1.807, 2.05) is 30.3 Å². The highest BCUT2D eigenvalue weighted by molar-refractivity contribution is 5.73. The highest BCUT2D eigenvalue weighted by Gasteiger charge is 2.28. The molecule has 4 nitrogen and oxygen atoms in total. The van der Waals surface area contributed by atoms with E-state index >= 15 is 0 Å². The van der Waals surface area contributed by atoms with Crippen LogP contribution in [0.3, 0.4) is 0 Å². The Morgan fingerprint density at radius 3 is 2.17 bits per heavy atom. The number of rotatable bonds is 3. The predicted molar refractivity (Wildman–Crippen MR) is 97.6 cm³/mol. The number of aromatic hydroxyl groups is 1. The van der Waals surface area contributed by atoms with Crippen molar-refractivity contribution in [1.29, 1.82) is 0 Å². The van der Waals surface area contributed by atoms with Crippen molar-refractivity contribution in [3.05, 3.63) is 48.0 Å². The van der Waals surface area contributed by atoms with Crippen LogP contribution in [-0.2, 0) is 5.41 Å². The molecule has 2 aromatic carbocycles. The van der Waals surface area contributed by atoms with Gasteiger partial charge >= 0.3 is 0 Å². The number of aromatic nitrogens is 3. The first-order chi connectivity index (χ1) is 11.6. The van der Waals surface area contributed by atoms with Gasteiger partial charge in [0.15, 0.2) is 0 Å². The molecule has 1 heterocycles. The summed E-state index contributed by atoms with van der Waals surface area (Å²) in [7, 11) is 0. The largest absolute Gasteiger partial charge is 0.506 e. The molecule has 4 heteroatoms. The van der Waals surface area contributed by atoms with Crippen molar-refractivity contribution in [3.8, 4) is 11.4 Å². The molecule has 126 valence electrons. The molecule has 0 aliphatic heterocycles. The molecular formula is C20H25N3O. The molecule has 0 spiro atoms. The third kappa shape index (κ3) is 3.28. The van der Waals surface area contributed by atoms with Gasteiger partial charge in [-0.3, -0.25) is 0 Å². The molecule has 1 N–H and O–H groups in total. The number of hydrogen-bond donors (Lipinski definition) is 1. The zero-order chi connectivity index (χ0) is 18.4. The molecule has 0 aliphatic rings. The predicted octanol–water partition coefficient (Wildman–Crippen LogP) is 4.84. The normalized spacial score (nSPS) is 13.3. The van der Waals surface area contributed by atoms with Gasteiger partial charge in [-0.05, 0) is 47.1 Å². The lowest BCUT2D eigenvalue weighted by molar-refractivity contribution is 0.284. The van der Waals surface area contributed by atoms with Crippen LogP contribution >= 0.6 is 0 Å². The minimum Gasteiger partial charge on any atom is -0.506 e. The van der Waals surface area contributed by atoms with Crippen molar-refractivity contribution >= 4 is 11.0 Å². The lowest BCUT2D eigenvalue weighted by Gasteiger charge is -2.33. The first-order valence-electron chi connectivity index (χ1n) is 8.73. The van der Waals surface area contributed by atoms with E-state index in [0.29, 0.717) is 5.69 Å². The van der Waals surface area contributed by atoms with E-state index in [-0.39, 0.29) is 22.6 Å². The fourth-order valence-corrected chi connectivity index (χ4v) is 3.42. The van der Waals surface area contributed by atoms with E-state index < -0.39 is 0 Å². The molecule has 0 aliphatic carbocycles. The first kappa shape index (κ1) is 15.2. The van der Waals surface area contributed by atoms with Gasteiger partial charge in [0, 0.05) is 0 Å². The molecule has 0 bridgehead atoms. The van der Waals surface area contributed by atoms with E-state index in [1.54, 1.807) is 6.07 Å². The van der Waals surface area contributed by atoms with Crippen LogP contribution in [0.15, 0.2) is 42.4 Å². The van der Waals surface area contributed by atoms with Crippen LogP contribution in [0.4, 0.5) is 0 Å². The standard InChI is InChI=1S/C20H25N3O/c1-19(2,3)13-20(4,5)14-10-11-18(24)17(12-14)23-21-15-8-6-7-9-16(15)22-23/h6-12,24H,13H2,1-5H3/i11D. The number of benzene rings is 2. The van der Waals surface area contributed by atoms with Crippen LogP contribution in [0.25, 0.3) is 16.7 Å². The monoisotopic (exact) mass is 324 g/mol. The lowest BCUT2D eigenvalue weighted by Crippen LogP contribution is -2.25. The van der Waals surface area contributed by atoms with Crippen LogP contribution in [-0.4, -0.2) is 20.1 Å². The Balaban J connectivity index is 2.13. The van der Waals surface area contributed by atoms with Gasteiger partial charge in [-0.2, -0.15) is 0 Å². The van der Waals surface area contributed by atoms with Gasteiger partial charge in [0.1, 0.15) is 22.5 Å². The number of fused-ring (bicyclic) bond motifs is 1. The Labute approximate surface area is 144 Å². The number of phenolic OH excluding ortho intramolecular Hbond substituents is 1. The Kier molecular flexibility index (Phi) is 3.56. The molecule has 0 saturated carbocycles. The van der Waals surface area contributed by atoms with E-state index in [1.165, 1.54) is 4.80 Å². The summed E-state index contributed by atoms with van der Waals surface area (Å²) in [6.45, 7) is 11.0. The first-order valence-corrected chi connectivity index (χ1v) is 8.23. The van der Waals surface area contributed by atoms with Crippen LogP contribution in [0.2, 0.25) is 0 Å². The number of nitrogens with zero attached hydrogens (tertiary/aromatic N) is 3. The Morgan fingerprint density at radius 2 is 1.62 bits per heavy atom. The number of hydrogen-bond acceptors (Lipinski definition) is 3. The molecule has 3 rings (SSSR count). The van der Waals surface area contributed by atoms with Crippen molar-refractivity contribution in [2.75, 3.05) is 0 Å². The third-order valence-corrected chi connectivity index (χ3v) is 4.16. The fourth-order valence-electron chi connectivity index (χ4n) is 3.42. The molecule has 1 aromatic heterocycles. The van der Waals surface area contributed by atoms with E-state index in [0.717, 1.165) is 23.0 Å². The topological polar surface area (TPSA) is 50.9 Å². The molecule has 0 saturated heterocycles. The van der Waals surface area contributed by atoms with Crippen molar-refractivity contribution in [2.45, 2.75) is 46.5 Å².